The third-order valence-corrected chi connectivity index (χ3v) is 2.31. The van der Waals surface area contributed by atoms with E-state index in [1.165, 1.54) is 6.26 Å². The summed E-state index contributed by atoms with van der Waals surface area (Å²) in [7, 11) is 0. The number of rotatable bonds is 3. The fourth-order valence-corrected chi connectivity index (χ4v) is 1.46. The van der Waals surface area contributed by atoms with Crippen LogP contribution in [0.3, 0.4) is 0 Å². The third kappa shape index (κ3) is 2.51. The molecule has 0 aliphatic carbocycles. The summed E-state index contributed by atoms with van der Waals surface area (Å²) in [6.45, 7) is 1.75. The van der Waals surface area contributed by atoms with E-state index in [1.807, 2.05) is 18.2 Å². The average molecular weight is 231 g/mol. The van der Waals surface area contributed by atoms with Crippen molar-refractivity contribution in [2.75, 3.05) is 5.32 Å². The van der Waals surface area contributed by atoms with Gasteiger partial charge in [0.15, 0.2) is 0 Å². The van der Waals surface area contributed by atoms with Crippen molar-refractivity contribution in [3.05, 3.63) is 47.9 Å². The normalized spacial score (nSPS) is 12.1. The monoisotopic (exact) mass is 231 g/mol. The average Bonchev–Trinajstić information content (AvgIpc) is 2.79. The number of aromatic nitrogens is 1. The molecule has 0 radical (unpaired) electrons. The number of hydrogen-bond donors (Lipinski definition) is 2. The molecule has 1 atom stereocenters. The number of nitrogens with two attached hydrogens (primary N) is 1. The molecule has 88 valence electrons. The van der Waals surface area contributed by atoms with Crippen LogP contribution in [0.4, 0.5) is 5.69 Å². The van der Waals surface area contributed by atoms with Crippen molar-refractivity contribution in [1.82, 2.24) is 5.16 Å². The molecule has 1 aromatic carbocycles. The molecular weight excluding hydrogens is 218 g/mol. The molecule has 0 spiro atoms. The number of carbonyl (C=O) groups excluding carboxylic acids is 1. The number of benzene rings is 1. The van der Waals surface area contributed by atoms with E-state index in [0.717, 1.165) is 0 Å². The van der Waals surface area contributed by atoms with Crippen LogP contribution in [-0.4, -0.2) is 11.1 Å². The lowest BCUT2D eigenvalue weighted by molar-refractivity contribution is 0.102. The smallest absolute Gasteiger partial charge is 0.260 e. The van der Waals surface area contributed by atoms with E-state index < -0.39 is 0 Å². The van der Waals surface area contributed by atoms with Gasteiger partial charge in [0.2, 0.25) is 0 Å². The zero-order chi connectivity index (χ0) is 12.3. The first-order valence-corrected chi connectivity index (χ1v) is 5.24. The molecule has 0 bridgehead atoms. The second-order valence-electron chi connectivity index (χ2n) is 3.72. The summed E-state index contributed by atoms with van der Waals surface area (Å²) in [5.41, 5.74) is 7.23. The van der Waals surface area contributed by atoms with Crippen LogP contribution in [0.2, 0.25) is 0 Å². The summed E-state index contributed by atoms with van der Waals surface area (Å²) in [4.78, 5) is 11.9. The minimum atomic E-state index is -0.342. The van der Waals surface area contributed by atoms with E-state index in [1.54, 1.807) is 19.1 Å². The molecule has 17 heavy (non-hydrogen) atoms. The van der Waals surface area contributed by atoms with Gasteiger partial charge in [-0.1, -0.05) is 23.4 Å². The first-order valence-electron chi connectivity index (χ1n) is 5.24. The maximum Gasteiger partial charge on any atom is 0.260 e. The van der Waals surface area contributed by atoms with Gasteiger partial charge in [-0.3, -0.25) is 4.79 Å². The van der Waals surface area contributed by atoms with Crippen molar-refractivity contribution in [2.45, 2.75) is 13.0 Å². The quantitative estimate of drug-likeness (QED) is 0.845. The summed E-state index contributed by atoms with van der Waals surface area (Å²) < 4.78 is 4.77. The van der Waals surface area contributed by atoms with E-state index in [2.05, 4.69) is 10.5 Å². The maximum atomic E-state index is 11.9. The Morgan fingerprint density at radius 2 is 2.12 bits per heavy atom. The molecule has 1 aromatic heterocycles. The van der Waals surface area contributed by atoms with Gasteiger partial charge < -0.3 is 15.6 Å². The van der Waals surface area contributed by atoms with Crippen LogP contribution in [0.25, 0.3) is 0 Å². The molecule has 2 aromatic rings. The van der Waals surface area contributed by atoms with Gasteiger partial charge in [0.25, 0.3) is 5.91 Å². The standard InChI is InChI=1S/C12H13N3O2/c1-8(13)11-10(7-17-15-11)12(16)14-9-5-3-2-4-6-9/h2-8H,13H2,1H3,(H,14,16). The Bertz CT molecular complexity index is 505. The van der Waals surface area contributed by atoms with Crippen LogP contribution in [0.5, 0.6) is 0 Å². The molecule has 1 amide bonds. The highest BCUT2D eigenvalue weighted by molar-refractivity contribution is 6.04. The number of nitrogens with one attached hydrogen (secondary N) is 1. The van der Waals surface area contributed by atoms with Gasteiger partial charge >= 0.3 is 0 Å². The molecule has 0 saturated heterocycles. The van der Waals surface area contributed by atoms with Crippen molar-refractivity contribution in [1.29, 1.82) is 0 Å². The fraction of sp³-hybridized carbons (Fsp3) is 0.167. The molecule has 0 saturated carbocycles. The Labute approximate surface area is 98.6 Å². The van der Waals surface area contributed by atoms with E-state index in [0.29, 0.717) is 16.9 Å². The van der Waals surface area contributed by atoms with Crippen molar-refractivity contribution >= 4 is 11.6 Å². The molecule has 5 heteroatoms. The summed E-state index contributed by atoms with van der Waals surface area (Å²) in [6.07, 6.45) is 1.30. The number of carbonyl (C=O) groups is 1. The Hall–Kier alpha value is -2.14. The van der Waals surface area contributed by atoms with Crippen LogP contribution in [0.1, 0.15) is 29.0 Å². The van der Waals surface area contributed by atoms with E-state index in [-0.39, 0.29) is 11.9 Å². The van der Waals surface area contributed by atoms with Crippen LogP contribution >= 0.6 is 0 Å². The van der Waals surface area contributed by atoms with E-state index in [9.17, 15) is 4.79 Å². The van der Waals surface area contributed by atoms with Gasteiger partial charge in [0.1, 0.15) is 17.5 Å². The highest BCUT2D eigenvalue weighted by Crippen LogP contribution is 2.16. The topological polar surface area (TPSA) is 81.2 Å². The van der Waals surface area contributed by atoms with Crippen LogP contribution in [0.15, 0.2) is 41.1 Å². The summed E-state index contributed by atoms with van der Waals surface area (Å²) >= 11 is 0. The van der Waals surface area contributed by atoms with Gasteiger partial charge in [-0.05, 0) is 19.1 Å². The Kier molecular flexibility index (Phi) is 3.20. The molecule has 5 nitrogen and oxygen atoms in total. The first-order chi connectivity index (χ1) is 8.18. The largest absolute Gasteiger partial charge is 0.364 e. The number of hydrogen-bond acceptors (Lipinski definition) is 4. The van der Waals surface area contributed by atoms with Crippen LogP contribution < -0.4 is 11.1 Å². The molecule has 1 unspecified atom stereocenters. The molecule has 3 N–H and O–H groups in total. The molecular formula is C12H13N3O2. The van der Waals surface area contributed by atoms with Gasteiger partial charge in [-0.25, -0.2) is 0 Å². The number of nitrogens with zero attached hydrogens (tertiary/aromatic N) is 1. The van der Waals surface area contributed by atoms with Crippen molar-refractivity contribution in [2.24, 2.45) is 5.73 Å². The highest BCUT2D eigenvalue weighted by atomic mass is 16.5. The second-order valence-corrected chi connectivity index (χ2v) is 3.72. The molecule has 2 rings (SSSR count). The second kappa shape index (κ2) is 4.80. The van der Waals surface area contributed by atoms with Crippen molar-refractivity contribution in [3.8, 4) is 0 Å². The van der Waals surface area contributed by atoms with Crippen LogP contribution in [-0.2, 0) is 0 Å². The predicted octanol–water partition coefficient (Wildman–Crippen LogP) is 1.95. The zero-order valence-electron chi connectivity index (χ0n) is 9.38. The van der Waals surface area contributed by atoms with Gasteiger partial charge in [-0.2, -0.15) is 0 Å². The summed E-state index contributed by atoms with van der Waals surface area (Å²) in [5, 5.41) is 6.46. The Morgan fingerprint density at radius 3 is 2.76 bits per heavy atom. The zero-order valence-corrected chi connectivity index (χ0v) is 9.38. The third-order valence-electron chi connectivity index (χ3n) is 2.31. The SMILES string of the molecule is CC(N)c1nocc1C(=O)Nc1ccccc1. The van der Waals surface area contributed by atoms with Crippen LogP contribution in [0, 0.1) is 0 Å². The molecule has 0 aliphatic rings. The van der Waals surface area contributed by atoms with Gasteiger partial charge in [-0.15, -0.1) is 0 Å². The molecule has 0 fully saturated rings. The maximum absolute atomic E-state index is 11.9. The van der Waals surface area contributed by atoms with Crippen molar-refractivity contribution < 1.29 is 9.32 Å². The fourth-order valence-electron chi connectivity index (χ4n) is 1.46. The predicted molar refractivity (Wildman–Crippen MR) is 63.5 cm³/mol. The summed E-state index contributed by atoms with van der Waals surface area (Å²) in [6, 6.07) is 8.83. The summed E-state index contributed by atoms with van der Waals surface area (Å²) in [5.74, 6) is -0.273. The lowest BCUT2D eigenvalue weighted by atomic mass is 10.1. The lowest BCUT2D eigenvalue weighted by Gasteiger charge is -2.05. The van der Waals surface area contributed by atoms with Gasteiger partial charge in [0.05, 0.1) is 0 Å². The number of anilines is 1. The Balaban J connectivity index is 2.18. The first kappa shape index (κ1) is 11.3. The van der Waals surface area contributed by atoms with Gasteiger partial charge in [0, 0.05) is 11.7 Å². The minimum absolute atomic E-state index is 0.273. The molecule has 1 heterocycles. The van der Waals surface area contributed by atoms with Crippen molar-refractivity contribution in [3.63, 3.8) is 0 Å². The molecule has 0 aliphatic heterocycles. The lowest BCUT2D eigenvalue weighted by Crippen LogP contribution is -2.16. The highest BCUT2D eigenvalue weighted by Gasteiger charge is 2.18. The Morgan fingerprint density at radius 1 is 1.41 bits per heavy atom. The minimum Gasteiger partial charge on any atom is -0.364 e. The number of para-hydroxylation sites is 1. The van der Waals surface area contributed by atoms with E-state index >= 15 is 0 Å². The van der Waals surface area contributed by atoms with E-state index in [4.69, 9.17) is 10.3 Å². The number of amides is 1.